The molecule has 1 aliphatic rings. The number of halogens is 1. The van der Waals surface area contributed by atoms with Crippen molar-refractivity contribution < 1.29 is 18.9 Å². The monoisotopic (exact) mass is 475 g/mol. The molecule has 0 atom stereocenters. The first-order valence-corrected chi connectivity index (χ1v) is 11.0. The maximum absolute atomic E-state index is 12.5. The number of nitrogens with one attached hydrogen (secondary N) is 1. The largest absolute Gasteiger partial charge is 0.411 e. The van der Waals surface area contributed by atoms with E-state index in [0.717, 1.165) is 30.5 Å². The first kappa shape index (κ1) is 22.1. The molecule has 0 spiro atoms. The van der Waals surface area contributed by atoms with E-state index in [9.17, 15) is 14.9 Å². The third-order valence-corrected chi connectivity index (χ3v) is 5.70. The van der Waals surface area contributed by atoms with Gasteiger partial charge in [0.25, 0.3) is 10.9 Å². The number of thioether (sulfide) groups is 1. The van der Waals surface area contributed by atoms with Crippen molar-refractivity contribution >= 4 is 46.3 Å². The van der Waals surface area contributed by atoms with Crippen molar-refractivity contribution in [3.63, 3.8) is 0 Å². The van der Waals surface area contributed by atoms with Crippen molar-refractivity contribution in [2.24, 2.45) is 0 Å². The number of hydrogen-bond acceptors (Lipinski definition) is 9. The Hall–Kier alpha value is -3.15. The van der Waals surface area contributed by atoms with E-state index < -0.39 is 4.92 Å². The molecule has 1 amide bonds. The van der Waals surface area contributed by atoms with Gasteiger partial charge >= 0.3 is 0 Å². The van der Waals surface area contributed by atoms with Gasteiger partial charge < -0.3 is 19.4 Å². The number of carbonyl (C=O) groups is 1. The van der Waals surface area contributed by atoms with Crippen LogP contribution in [0, 0.1) is 10.1 Å². The number of aromatic nitrogens is 2. The van der Waals surface area contributed by atoms with Crippen molar-refractivity contribution in [1.82, 2.24) is 10.2 Å². The van der Waals surface area contributed by atoms with Crippen molar-refractivity contribution in [2.45, 2.75) is 5.22 Å². The highest BCUT2D eigenvalue weighted by molar-refractivity contribution is 7.99. The molecule has 166 valence electrons. The number of ether oxygens (including phenoxy) is 1. The molecule has 32 heavy (non-hydrogen) atoms. The standard InChI is InChI=1S/C20H18ClN5O5S/c21-14-3-6-17(25-7-9-30-10-8-25)16(11-14)22-18(27)12-32-20-24-23-19(31-20)13-1-4-15(5-2-13)26(28)29/h1-6,11H,7-10,12H2,(H,22,27). The van der Waals surface area contributed by atoms with Gasteiger partial charge in [-0.2, -0.15) is 0 Å². The minimum Gasteiger partial charge on any atom is -0.411 e. The van der Waals surface area contributed by atoms with Gasteiger partial charge in [-0.1, -0.05) is 23.4 Å². The maximum atomic E-state index is 12.5. The van der Waals surface area contributed by atoms with Gasteiger partial charge in [0.2, 0.25) is 11.8 Å². The molecule has 10 nitrogen and oxygen atoms in total. The summed E-state index contributed by atoms with van der Waals surface area (Å²) in [7, 11) is 0. The molecule has 1 saturated heterocycles. The van der Waals surface area contributed by atoms with Gasteiger partial charge in [0, 0.05) is 35.8 Å². The minimum absolute atomic E-state index is 0.0306. The minimum atomic E-state index is -0.484. The Kier molecular flexibility index (Phi) is 6.88. The lowest BCUT2D eigenvalue weighted by atomic mass is 10.2. The van der Waals surface area contributed by atoms with Gasteiger partial charge in [0.05, 0.1) is 35.3 Å². The van der Waals surface area contributed by atoms with Crippen LogP contribution in [-0.2, 0) is 9.53 Å². The number of amides is 1. The van der Waals surface area contributed by atoms with Gasteiger partial charge in [0.15, 0.2) is 0 Å². The molecule has 0 bridgehead atoms. The van der Waals surface area contributed by atoms with Gasteiger partial charge in [0.1, 0.15) is 0 Å². The number of non-ortho nitro benzene ring substituents is 1. The third kappa shape index (κ3) is 5.36. The summed E-state index contributed by atoms with van der Waals surface area (Å²) in [6.45, 7) is 2.71. The summed E-state index contributed by atoms with van der Waals surface area (Å²) in [5.74, 6) is 0.0193. The summed E-state index contributed by atoms with van der Waals surface area (Å²) in [6.07, 6.45) is 0. The molecular formula is C20H18ClN5O5S. The molecule has 1 fully saturated rings. The Morgan fingerprint density at radius 2 is 1.94 bits per heavy atom. The van der Waals surface area contributed by atoms with Crippen molar-refractivity contribution in [1.29, 1.82) is 0 Å². The number of nitro benzene ring substituents is 1. The molecule has 1 aromatic heterocycles. The Bertz CT molecular complexity index is 1120. The molecule has 1 N–H and O–H groups in total. The average Bonchev–Trinajstić information content (AvgIpc) is 3.28. The molecule has 0 radical (unpaired) electrons. The second-order valence-corrected chi connectivity index (χ2v) is 8.14. The van der Waals surface area contributed by atoms with Crippen LogP contribution in [-0.4, -0.2) is 53.1 Å². The molecule has 2 heterocycles. The summed E-state index contributed by atoms with van der Waals surface area (Å²) in [5, 5.41) is 22.3. The Morgan fingerprint density at radius 3 is 2.66 bits per heavy atom. The fraction of sp³-hybridized carbons (Fsp3) is 0.250. The Morgan fingerprint density at radius 1 is 1.19 bits per heavy atom. The van der Waals surface area contributed by atoms with Crippen LogP contribution >= 0.6 is 23.4 Å². The van der Waals surface area contributed by atoms with Crippen molar-refractivity contribution in [3.8, 4) is 11.5 Å². The lowest BCUT2D eigenvalue weighted by Crippen LogP contribution is -2.36. The van der Waals surface area contributed by atoms with Crippen LogP contribution in [0.4, 0.5) is 17.1 Å². The zero-order valence-corrected chi connectivity index (χ0v) is 18.3. The SMILES string of the molecule is O=C(CSc1nnc(-c2ccc([N+](=O)[O-])cc2)o1)Nc1cc(Cl)ccc1N1CCOCC1. The molecule has 3 aromatic rings. The summed E-state index contributed by atoms with van der Waals surface area (Å²) < 4.78 is 10.9. The predicted molar refractivity (Wildman–Crippen MR) is 120 cm³/mol. The zero-order chi connectivity index (χ0) is 22.5. The fourth-order valence-corrected chi connectivity index (χ4v) is 3.85. The molecular weight excluding hydrogens is 458 g/mol. The van der Waals surface area contributed by atoms with E-state index in [1.54, 1.807) is 12.1 Å². The third-order valence-electron chi connectivity index (χ3n) is 4.64. The average molecular weight is 476 g/mol. The number of hydrogen-bond donors (Lipinski definition) is 1. The summed E-state index contributed by atoms with van der Waals surface area (Å²) in [6, 6.07) is 11.2. The lowest BCUT2D eigenvalue weighted by molar-refractivity contribution is -0.384. The van der Waals surface area contributed by atoms with E-state index in [0.29, 0.717) is 29.5 Å². The second-order valence-electron chi connectivity index (χ2n) is 6.77. The van der Waals surface area contributed by atoms with Crippen LogP contribution in [0.1, 0.15) is 0 Å². The first-order chi connectivity index (χ1) is 15.5. The predicted octanol–water partition coefficient (Wildman–Crippen LogP) is 3.87. The molecule has 0 saturated carbocycles. The molecule has 2 aromatic carbocycles. The van der Waals surface area contributed by atoms with E-state index in [4.69, 9.17) is 20.8 Å². The van der Waals surface area contributed by atoms with Crippen molar-refractivity contribution in [3.05, 3.63) is 57.6 Å². The van der Waals surface area contributed by atoms with Crippen LogP contribution in [0.5, 0.6) is 0 Å². The van der Waals surface area contributed by atoms with Gasteiger partial charge in [-0.3, -0.25) is 14.9 Å². The molecule has 0 aliphatic carbocycles. The van der Waals surface area contributed by atoms with Gasteiger partial charge in [-0.15, -0.1) is 10.2 Å². The molecule has 1 aliphatic heterocycles. The molecule has 12 heteroatoms. The number of nitro groups is 1. The first-order valence-electron chi connectivity index (χ1n) is 9.63. The highest BCUT2D eigenvalue weighted by Crippen LogP contribution is 2.30. The molecule has 4 rings (SSSR count). The Labute approximate surface area is 192 Å². The van der Waals surface area contributed by atoms with E-state index >= 15 is 0 Å². The number of anilines is 2. The zero-order valence-electron chi connectivity index (χ0n) is 16.7. The smallest absolute Gasteiger partial charge is 0.277 e. The summed E-state index contributed by atoms with van der Waals surface area (Å²) >= 11 is 7.22. The topological polar surface area (TPSA) is 124 Å². The highest BCUT2D eigenvalue weighted by atomic mass is 35.5. The van der Waals surface area contributed by atoms with Crippen LogP contribution < -0.4 is 10.2 Å². The quantitative estimate of drug-likeness (QED) is 0.308. The van der Waals surface area contributed by atoms with Crippen LogP contribution in [0.25, 0.3) is 11.5 Å². The highest BCUT2D eigenvalue weighted by Gasteiger charge is 2.18. The number of carbonyl (C=O) groups excluding carboxylic acids is 1. The van der Waals surface area contributed by atoms with Crippen LogP contribution in [0.15, 0.2) is 52.1 Å². The van der Waals surface area contributed by atoms with E-state index in [1.807, 2.05) is 6.07 Å². The van der Waals surface area contributed by atoms with Gasteiger partial charge in [-0.25, -0.2) is 0 Å². The number of rotatable bonds is 7. The maximum Gasteiger partial charge on any atom is 0.277 e. The van der Waals surface area contributed by atoms with Gasteiger partial charge in [-0.05, 0) is 30.3 Å². The fourth-order valence-electron chi connectivity index (χ4n) is 3.11. The van der Waals surface area contributed by atoms with Crippen LogP contribution in [0.2, 0.25) is 5.02 Å². The summed E-state index contributed by atoms with van der Waals surface area (Å²) in [5.41, 5.74) is 2.03. The van der Waals surface area contributed by atoms with E-state index in [2.05, 4.69) is 20.4 Å². The van der Waals surface area contributed by atoms with Crippen molar-refractivity contribution in [2.75, 3.05) is 42.3 Å². The summed E-state index contributed by atoms with van der Waals surface area (Å²) in [4.78, 5) is 24.9. The number of benzene rings is 2. The van der Waals surface area contributed by atoms with E-state index in [-0.39, 0.29) is 28.5 Å². The number of morpholine rings is 1. The lowest BCUT2D eigenvalue weighted by Gasteiger charge is -2.30. The molecule has 0 unspecified atom stereocenters. The van der Waals surface area contributed by atoms with Crippen LogP contribution in [0.3, 0.4) is 0 Å². The normalized spacial score (nSPS) is 13.7. The van der Waals surface area contributed by atoms with E-state index in [1.165, 1.54) is 24.3 Å². The second kappa shape index (κ2) is 9.98. The number of nitrogens with zero attached hydrogens (tertiary/aromatic N) is 4. The Balaban J connectivity index is 1.38.